The summed E-state index contributed by atoms with van der Waals surface area (Å²) in [6.07, 6.45) is 0. The van der Waals surface area contributed by atoms with Crippen LogP contribution in [0.5, 0.6) is 0 Å². The van der Waals surface area contributed by atoms with Gasteiger partial charge in [0.15, 0.2) is 0 Å². The third-order valence-electron chi connectivity index (χ3n) is 3.25. The highest BCUT2D eigenvalue weighted by Crippen LogP contribution is 2.53. The number of hydrogen-bond donors (Lipinski definition) is 1. The van der Waals surface area contributed by atoms with Crippen molar-refractivity contribution in [1.82, 2.24) is 0 Å². The van der Waals surface area contributed by atoms with E-state index in [2.05, 4.69) is 0 Å². The molecule has 3 rings (SSSR count). The molecule has 1 aliphatic rings. The van der Waals surface area contributed by atoms with Crippen molar-refractivity contribution in [2.24, 2.45) is 5.92 Å². The summed E-state index contributed by atoms with van der Waals surface area (Å²) in [5.74, 6) is -1.32. The summed E-state index contributed by atoms with van der Waals surface area (Å²) in [4.78, 5) is 11.3. The van der Waals surface area contributed by atoms with Gasteiger partial charge in [0.2, 0.25) is 0 Å². The number of carbonyl (C=O) groups is 1. The van der Waals surface area contributed by atoms with E-state index in [1.807, 2.05) is 48.5 Å². The number of halogens is 1. The molecule has 19 heavy (non-hydrogen) atoms. The normalized spacial score (nSPS) is 17.4. The monoisotopic (exact) mass is 270 g/mol. The highest BCUT2D eigenvalue weighted by atomic mass is 35.5. The van der Waals surface area contributed by atoms with Crippen LogP contribution in [0.15, 0.2) is 54.6 Å². The molecule has 0 heterocycles. The minimum atomic E-state index is -0.811. The molecule has 0 fully saturated rings. The van der Waals surface area contributed by atoms with Gasteiger partial charge in [-0.05, 0) is 34.4 Å². The first kappa shape index (κ1) is 12.0. The zero-order chi connectivity index (χ0) is 13.4. The predicted octanol–water partition coefficient (Wildman–Crippen LogP) is 3.97. The van der Waals surface area contributed by atoms with Crippen LogP contribution in [-0.4, -0.2) is 11.1 Å². The van der Waals surface area contributed by atoms with Gasteiger partial charge in [-0.3, -0.25) is 4.79 Å². The molecular formula is C16H11ClO2. The van der Waals surface area contributed by atoms with Gasteiger partial charge < -0.3 is 5.11 Å². The van der Waals surface area contributed by atoms with E-state index >= 15 is 0 Å². The Morgan fingerprint density at radius 2 is 1.58 bits per heavy atom. The van der Waals surface area contributed by atoms with Crippen molar-refractivity contribution in [3.8, 4) is 0 Å². The summed E-state index contributed by atoms with van der Waals surface area (Å²) < 4.78 is 0. The molecule has 2 aromatic carbocycles. The van der Waals surface area contributed by atoms with Crippen molar-refractivity contribution in [2.45, 2.75) is 0 Å². The van der Waals surface area contributed by atoms with E-state index in [9.17, 15) is 9.90 Å². The molecule has 1 N–H and O–H groups in total. The van der Waals surface area contributed by atoms with E-state index < -0.39 is 11.9 Å². The standard InChI is InChI=1S/C16H11ClO2/c17-12-8-4-7-11(9-12)14-13(15(14)16(18)19)10-5-2-1-3-6-10/h1-9,15H,(H,18,19). The Labute approximate surface area is 116 Å². The van der Waals surface area contributed by atoms with E-state index in [1.165, 1.54) is 0 Å². The van der Waals surface area contributed by atoms with E-state index in [1.54, 1.807) is 6.07 Å². The fraction of sp³-hybridized carbons (Fsp3) is 0.0625. The second-order valence-corrected chi connectivity index (χ2v) is 4.91. The third kappa shape index (κ3) is 2.15. The highest BCUT2D eigenvalue weighted by molar-refractivity contribution is 6.31. The Kier molecular flexibility index (Phi) is 2.88. The van der Waals surface area contributed by atoms with Gasteiger partial charge in [0.25, 0.3) is 0 Å². The summed E-state index contributed by atoms with van der Waals surface area (Å²) in [6.45, 7) is 0. The smallest absolute Gasteiger partial charge is 0.315 e. The van der Waals surface area contributed by atoms with E-state index in [4.69, 9.17) is 11.6 Å². The second kappa shape index (κ2) is 4.56. The van der Waals surface area contributed by atoms with Gasteiger partial charge in [-0.25, -0.2) is 0 Å². The van der Waals surface area contributed by atoms with Crippen molar-refractivity contribution >= 4 is 28.7 Å². The molecule has 0 saturated heterocycles. The first-order valence-electron chi connectivity index (χ1n) is 5.96. The molecule has 0 radical (unpaired) electrons. The van der Waals surface area contributed by atoms with Crippen LogP contribution in [0.4, 0.5) is 0 Å². The number of rotatable bonds is 3. The first-order valence-corrected chi connectivity index (χ1v) is 6.34. The van der Waals surface area contributed by atoms with Crippen molar-refractivity contribution in [3.05, 3.63) is 70.7 Å². The summed E-state index contributed by atoms with van der Waals surface area (Å²) in [7, 11) is 0. The number of hydrogen-bond acceptors (Lipinski definition) is 1. The fourth-order valence-electron chi connectivity index (χ4n) is 2.39. The molecule has 1 unspecified atom stereocenters. The fourth-order valence-corrected chi connectivity index (χ4v) is 2.58. The van der Waals surface area contributed by atoms with Gasteiger partial charge in [0, 0.05) is 5.02 Å². The van der Waals surface area contributed by atoms with Crippen LogP contribution in [0, 0.1) is 5.92 Å². The summed E-state index contributed by atoms with van der Waals surface area (Å²) >= 11 is 5.97. The van der Waals surface area contributed by atoms with E-state index in [0.29, 0.717) is 5.02 Å². The zero-order valence-electron chi connectivity index (χ0n) is 10.0. The average Bonchev–Trinajstić information content (AvgIpc) is 3.15. The van der Waals surface area contributed by atoms with Crippen molar-refractivity contribution in [2.75, 3.05) is 0 Å². The molecule has 0 spiro atoms. The lowest BCUT2D eigenvalue weighted by Gasteiger charge is -1.96. The molecule has 0 amide bonds. The second-order valence-electron chi connectivity index (χ2n) is 4.47. The lowest BCUT2D eigenvalue weighted by molar-refractivity contribution is -0.137. The number of benzene rings is 2. The van der Waals surface area contributed by atoms with Gasteiger partial charge in [0.1, 0.15) is 5.92 Å². The average molecular weight is 271 g/mol. The SMILES string of the molecule is O=C(O)C1C(c2ccccc2)=C1c1cccc(Cl)c1. The van der Waals surface area contributed by atoms with E-state index in [0.717, 1.165) is 22.3 Å². The van der Waals surface area contributed by atoms with Crippen LogP contribution in [-0.2, 0) is 4.79 Å². The Bertz CT molecular complexity index is 674. The van der Waals surface area contributed by atoms with Crippen LogP contribution < -0.4 is 0 Å². The Morgan fingerprint density at radius 3 is 2.21 bits per heavy atom. The molecule has 2 nitrogen and oxygen atoms in total. The summed E-state index contributed by atoms with van der Waals surface area (Å²) in [5.41, 5.74) is 3.60. The molecule has 1 atom stereocenters. The Balaban J connectivity index is 2.07. The van der Waals surface area contributed by atoms with Gasteiger partial charge in [0.05, 0.1) is 0 Å². The number of carboxylic acids is 1. The van der Waals surface area contributed by atoms with Gasteiger partial charge in [-0.1, -0.05) is 54.1 Å². The number of aliphatic carboxylic acids is 1. The van der Waals surface area contributed by atoms with Crippen LogP contribution in [0.2, 0.25) is 5.02 Å². The van der Waals surface area contributed by atoms with Crippen LogP contribution in [0.1, 0.15) is 11.1 Å². The predicted molar refractivity (Wildman–Crippen MR) is 75.8 cm³/mol. The molecular weight excluding hydrogens is 260 g/mol. The highest BCUT2D eigenvalue weighted by Gasteiger charge is 2.43. The minimum Gasteiger partial charge on any atom is -0.481 e. The molecule has 0 saturated carbocycles. The minimum absolute atomic E-state index is 0.513. The van der Waals surface area contributed by atoms with Crippen LogP contribution in [0.25, 0.3) is 11.1 Å². The summed E-state index contributed by atoms with van der Waals surface area (Å²) in [5, 5.41) is 9.93. The molecule has 0 bridgehead atoms. The molecule has 94 valence electrons. The topological polar surface area (TPSA) is 37.3 Å². The lowest BCUT2D eigenvalue weighted by atomic mass is 10.1. The maximum absolute atomic E-state index is 11.3. The zero-order valence-corrected chi connectivity index (χ0v) is 10.8. The van der Waals surface area contributed by atoms with Crippen molar-refractivity contribution < 1.29 is 9.90 Å². The third-order valence-corrected chi connectivity index (χ3v) is 3.49. The molecule has 3 heteroatoms. The van der Waals surface area contributed by atoms with E-state index in [-0.39, 0.29) is 0 Å². The van der Waals surface area contributed by atoms with Crippen LogP contribution >= 0.6 is 11.6 Å². The maximum atomic E-state index is 11.3. The van der Waals surface area contributed by atoms with Crippen molar-refractivity contribution in [1.29, 1.82) is 0 Å². The molecule has 2 aromatic rings. The van der Waals surface area contributed by atoms with Crippen molar-refractivity contribution in [3.63, 3.8) is 0 Å². The summed E-state index contributed by atoms with van der Waals surface area (Å²) in [6, 6.07) is 16.9. The largest absolute Gasteiger partial charge is 0.481 e. The maximum Gasteiger partial charge on any atom is 0.315 e. The number of carboxylic acid groups (broad SMARTS) is 1. The van der Waals surface area contributed by atoms with Gasteiger partial charge >= 0.3 is 5.97 Å². The molecule has 0 aromatic heterocycles. The quantitative estimate of drug-likeness (QED) is 0.916. The lowest BCUT2D eigenvalue weighted by Crippen LogP contribution is -2.01. The Hall–Kier alpha value is -2.06. The van der Waals surface area contributed by atoms with Crippen LogP contribution in [0.3, 0.4) is 0 Å². The Morgan fingerprint density at radius 1 is 0.947 bits per heavy atom. The molecule has 1 aliphatic carbocycles. The molecule has 0 aliphatic heterocycles. The van der Waals surface area contributed by atoms with Gasteiger partial charge in [-0.2, -0.15) is 0 Å². The first-order chi connectivity index (χ1) is 9.18. The van der Waals surface area contributed by atoms with Gasteiger partial charge in [-0.15, -0.1) is 0 Å².